The second-order valence-corrected chi connectivity index (χ2v) is 8.50. The summed E-state index contributed by atoms with van der Waals surface area (Å²) in [7, 11) is -2.34. The van der Waals surface area contributed by atoms with Crippen LogP contribution in [-0.2, 0) is 17.2 Å². The van der Waals surface area contributed by atoms with E-state index >= 15 is 0 Å². The summed E-state index contributed by atoms with van der Waals surface area (Å²) in [5.74, 6) is 0.341. The van der Waals surface area contributed by atoms with E-state index in [1.54, 1.807) is 0 Å². The van der Waals surface area contributed by atoms with E-state index in [0.717, 1.165) is 35.6 Å². The van der Waals surface area contributed by atoms with E-state index in [4.69, 9.17) is 4.74 Å². The van der Waals surface area contributed by atoms with E-state index in [1.807, 2.05) is 19.1 Å². The van der Waals surface area contributed by atoms with Crippen molar-refractivity contribution in [2.24, 2.45) is 7.05 Å². The van der Waals surface area contributed by atoms with Crippen molar-refractivity contribution in [2.45, 2.75) is 11.8 Å². The van der Waals surface area contributed by atoms with Gasteiger partial charge in [-0.2, -0.15) is 4.57 Å². The molecule has 1 heterocycles. The van der Waals surface area contributed by atoms with Crippen molar-refractivity contribution in [3.8, 4) is 5.75 Å². The van der Waals surface area contributed by atoms with E-state index in [9.17, 15) is 17.4 Å². The molecule has 0 N–H and O–H groups in total. The minimum Gasteiger partial charge on any atom is -0.744 e. The van der Waals surface area contributed by atoms with Crippen LogP contribution in [0.1, 0.15) is 18.2 Å². The Morgan fingerprint density at radius 2 is 1.58 bits per heavy atom. The summed E-state index contributed by atoms with van der Waals surface area (Å²) in [4.78, 5) is -0.418. The first-order valence-corrected chi connectivity index (χ1v) is 11.7. The van der Waals surface area contributed by atoms with Gasteiger partial charge in [-0.3, -0.25) is 0 Å². The Labute approximate surface area is 193 Å². The van der Waals surface area contributed by atoms with Crippen LogP contribution in [0.5, 0.6) is 5.75 Å². The van der Waals surface area contributed by atoms with Gasteiger partial charge in [0, 0.05) is 23.6 Å². The fourth-order valence-electron chi connectivity index (χ4n) is 3.15. The number of nitrogens with zero attached hydrogens (tertiary/aromatic N) is 1. The fraction of sp³-hybridized carbons (Fsp3) is 0.115. The van der Waals surface area contributed by atoms with Gasteiger partial charge in [0.25, 0.3) is 0 Å². The first-order chi connectivity index (χ1) is 15.8. The van der Waals surface area contributed by atoms with Crippen molar-refractivity contribution in [1.29, 1.82) is 0 Å². The molecule has 0 radical (unpaired) electrons. The summed E-state index contributed by atoms with van der Waals surface area (Å²) < 4.78 is 50.6. The molecule has 0 spiro atoms. The van der Waals surface area contributed by atoms with Crippen LogP contribution in [-0.4, -0.2) is 19.6 Å². The standard InChI is InChI=1S/C20H20NO.C6H5FO3S/c1-3-22-19-14-9-16(10-15-19)8-12-18-13-11-17-6-4-5-7-20(17)21(18)2;7-5-1-3-6(4-2-5)11(8,9)10/h4-15H,3H2,1-2H3;1-4H,(H,8,9,10)/q+1;/p-1/b12-8+;. The largest absolute Gasteiger partial charge is 0.744 e. The Kier molecular flexibility index (Phi) is 7.92. The molecule has 0 saturated carbocycles. The topological polar surface area (TPSA) is 70.3 Å². The monoisotopic (exact) mass is 465 g/mol. The molecule has 0 aliphatic heterocycles. The van der Waals surface area contributed by atoms with Crippen LogP contribution in [0.25, 0.3) is 23.1 Å². The smallest absolute Gasteiger partial charge is 0.212 e. The molecule has 5 nitrogen and oxygen atoms in total. The highest BCUT2D eigenvalue weighted by Crippen LogP contribution is 2.15. The first-order valence-electron chi connectivity index (χ1n) is 10.3. The zero-order chi connectivity index (χ0) is 23.8. The van der Waals surface area contributed by atoms with Crippen LogP contribution >= 0.6 is 0 Å². The third kappa shape index (κ3) is 6.71. The highest BCUT2D eigenvalue weighted by Gasteiger charge is 2.08. The van der Waals surface area contributed by atoms with Gasteiger partial charge >= 0.3 is 0 Å². The van der Waals surface area contributed by atoms with E-state index in [0.29, 0.717) is 6.61 Å². The number of rotatable bonds is 5. The maximum Gasteiger partial charge on any atom is 0.212 e. The van der Waals surface area contributed by atoms with E-state index in [-0.39, 0.29) is 0 Å². The number of fused-ring (bicyclic) bond motifs is 1. The number of para-hydroxylation sites is 1. The third-order valence-electron chi connectivity index (χ3n) is 4.86. The maximum absolute atomic E-state index is 12.2. The zero-order valence-corrected chi connectivity index (χ0v) is 19.1. The molecule has 0 bridgehead atoms. The van der Waals surface area contributed by atoms with Gasteiger partial charge in [0.2, 0.25) is 11.2 Å². The highest BCUT2D eigenvalue weighted by molar-refractivity contribution is 7.85. The summed E-state index contributed by atoms with van der Waals surface area (Å²) in [5.41, 5.74) is 3.57. The molecule has 0 amide bonds. The number of aromatic nitrogens is 1. The molecule has 170 valence electrons. The van der Waals surface area contributed by atoms with Gasteiger partial charge in [0.05, 0.1) is 11.5 Å². The highest BCUT2D eigenvalue weighted by atomic mass is 32.2. The third-order valence-corrected chi connectivity index (χ3v) is 5.71. The minimum absolute atomic E-state index is 0.418. The van der Waals surface area contributed by atoms with E-state index in [2.05, 4.69) is 72.3 Å². The lowest BCUT2D eigenvalue weighted by molar-refractivity contribution is -0.646. The molecule has 0 unspecified atom stereocenters. The van der Waals surface area contributed by atoms with Crippen LogP contribution in [0.4, 0.5) is 4.39 Å². The fourth-order valence-corrected chi connectivity index (χ4v) is 3.62. The summed E-state index contributed by atoms with van der Waals surface area (Å²) in [5, 5.41) is 1.25. The summed E-state index contributed by atoms with van der Waals surface area (Å²) >= 11 is 0. The summed E-state index contributed by atoms with van der Waals surface area (Å²) in [6.07, 6.45) is 4.27. The van der Waals surface area contributed by atoms with Crippen molar-refractivity contribution in [3.05, 3.63) is 102 Å². The van der Waals surface area contributed by atoms with Crippen LogP contribution in [0.15, 0.2) is 89.8 Å². The lowest BCUT2D eigenvalue weighted by atomic mass is 10.1. The molecule has 33 heavy (non-hydrogen) atoms. The van der Waals surface area contributed by atoms with Crippen LogP contribution < -0.4 is 9.30 Å². The maximum atomic E-state index is 12.2. The lowest BCUT2D eigenvalue weighted by Gasteiger charge is -2.04. The molecular formula is C26H24FNO4S. The molecule has 4 rings (SSSR count). The summed E-state index contributed by atoms with van der Waals surface area (Å²) in [6.45, 7) is 2.69. The van der Waals surface area contributed by atoms with E-state index < -0.39 is 20.8 Å². The van der Waals surface area contributed by atoms with Gasteiger partial charge in [-0.15, -0.1) is 0 Å². The van der Waals surface area contributed by atoms with Gasteiger partial charge in [-0.05, 0) is 67.1 Å². The van der Waals surface area contributed by atoms with Crippen molar-refractivity contribution in [3.63, 3.8) is 0 Å². The molecule has 1 aromatic heterocycles. The normalized spacial score (nSPS) is 11.3. The molecule has 0 fully saturated rings. The van der Waals surface area contributed by atoms with Crippen molar-refractivity contribution in [2.75, 3.05) is 6.61 Å². The molecule has 0 aliphatic rings. The van der Waals surface area contributed by atoms with Gasteiger partial charge < -0.3 is 9.29 Å². The molecule has 4 aromatic rings. The number of benzene rings is 3. The Morgan fingerprint density at radius 1 is 0.909 bits per heavy atom. The Hall–Kier alpha value is -3.55. The molecule has 0 atom stereocenters. The Morgan fingerprint density at radius 3 is 2.21 bits per heavy atom. The quantitative estimate of drug-likeness (QED) is 0.308. The van der Waals surface area contributed by atoms with Crippen molar-refractivity contribution < 1.29 is 26.7 Å². The molecular weight excluding hydrogens is 441 g/mol. The summed E-state index contributed by atoms with van der Waals surface area (Å²) in [6, 6.07) is 24.6. The van der Waals surface area contributed by atoms with Crippen molar-refractivity contribution >= 4 is 33.2 Å². The molecule has 0 saturated heterocycles. The average Bonchev–Trinajstić information content (AvgIpc) is 2.80. The minimum atomic E-state index is -4.44. The van der Waals surface area contributed by atoms with Gasteiger partial charge in [-0.1, -0.05) is 24.3 Å². The Balaban J connectivity index is 0.000000235. The number of hydrogen-bond acceptors (Lipinski definition) is 4. The van der Waals surface area contributed by atoms with Crippen LogP contribution in [0.3, 0.4) is 0 Å². The predicted octanol–water partition coefficient (Wildman–Crippen LogP) is 4.96. The first kappa shape index (κ1) is 24.1. The van der Waals surface area contributed by atoms with Crippen LogP contribution in [0, 0.1) is 5.82 Å². The van der Waals surface area contributed by atoms with Crippen LogP contribution in [0.2, 0.25) is 0 Å². The van der Waals surface area contributed by atoms with Gasteiger partial charge in [-0.25, -0.2) is 12.8 Å². The lowest BCUT2D eigenvalue weighted by Crippen LogP contribution is -2.32. The predicted molar refractivity (Wildman–Crippen MR) is 126 cm³/mol. The van der Waals surface area contributed by atoms with Gasteiger partial charge in [0.1, 0.15) is 28.7 Å². The number of pyridine rings is 1. The molecule has 7 heteroatoms. The van der Waals surface area contributed by atoms with Crippen molar-refractivity contribution in [1.82, 2.24) is 0 Å². The number of halogens is 1. The molecule has 0 aliphatic carbocycles. The van der Waals surface area contributed by atoms with Gasteiger partial charge in [0.15, 0.2) is 0 Å². The second-order valence-electron chi connectivity index (χ2n) is 7.12. The molecule has 3 aromatic carbocycles. The SMILES string of the molecule is CCOc1ccc(/C=C/c2ccc3ccccc3[n+]2C)cc1.O=S(=O)([O-])c1ccc(F)cc1. The van der Waals surface area contributed by atoms with E-state index in [1.165, 1.54) is 16.6 Å². The number of hydrogen-bond donors (Lipinski definition) is 0. The average molecular weight is 466 g/mol. The zero-order valence-electron chi connectivity index (χ0n) is 18.3. The second kappa shape index (κ2) is 10.8. The Bertz CT molecular complexity index is 1350. The number of aryl methyl sites for hydroxylation is 1. The number of ether oxygens (including phenoxy) is 1.